The third kappa shape index (κ3) is 17.4. The summed E-state index contributed by atoms with van der Waals surface area (Å²) >= 11 is 0. The number of hydrogen-bond acceptors (Lipinski definition) is 18. The van der Waals surface area contributed by atoms with Gasteiger partial charge in [0.2, 0.25) is 0 Å². The monoisotopic (exact) mass is 924 g/mol. The fraction of sp³-hybridized carbons (Fsp3) is 0. The number of carboxylic acid groups (broad SMARTS) is 6. The Balaban J connectivity index is 0.000000396. The SMILES string of the molecule is O=C(O)c1c(O)cccc1O.O=C(O)c1cc(O)cc(O)c1.O=C(O)c1cc(O)ccc1O.O=C(O)c1ccc(O)c(O)c1.O=C(O)c1ccc(O)cc1O.O=C(O)c1cccc(O)c1O. The van der Waals surface area contributed by atoms with Crippen molar-refractivity contribution in [3.63, 3.8) is 0 Å². The number of para-hydroxylation sites is 1. The Morgan fingerprint density at radius 2 is 0.727 bits per heavy atom. The Bertz CT molecular complexity index is 2660. The van der Waals surface area contributed by atoms with E-state index in [9.17, 15) is 28.8 Å². The van der Waals surface area contributed by atoms with Crippen molar-refractivity contribution in [3.05, 3.63) is 143 Å². The molecule has 24 nitrogen and oxygen atoms in total. The fourth-order valence-electron chi connectivity index (χ4n) is 4.22. The maximum Gasteiger partial charge on any atom is 0.343 e. The molecular formula is C42H36O24. The summed E-state index contributed by atoms with van der Waals surface area (Å²) in [4.78, 5) is 61.8. The molecule has 0 bridgehead atoms. The van der Waals surface area contributed by atoms with Crippen molar-refractivity contribution in [2.24, 2.45) is 0 Å². The molecule has 0 radical (unpaired) electrons. The zero-order chi connectivity index (χ0) is 50.6. The second-order valence-electron chi connectivity index (χ2n) is 12.0. The van der Waals surface area contributed by atoms with Crippen molar-refractivity contribution < 1.29 is 121 Å². The van der Waals surface area contributed by atoms with E-state index in [1.165, 1.54) is 54.6 Å². The molecule has 0 atom stereocenters. The van der Waals surface area contributed by atoms with Gasteiger partial charge in [-0.1, -0.05) is 12.1 Å². The second-order valence-corrected chi connectivity index (χ2v) is 12.0. The quantitative estimate of drug-likeness (QED) is 0.0789. The molecule has 0 heterocycles. The van der Waals surface area contributed by atoms with E-state index in [1.54, 1.807) is 0 Å². The molecule has 348 valence electrons. The van der Waals surface area contributed by atoms with Crippen molar-refractivity contribution in [3.8, 4) is 69.0 Å². The molecule has 0 spiro atoms. The Morgan fingerprint density at radius 1 is 0.273 bits per heavy atom. The van der Waals surface area contributed by atoms with Crippen LogP contribution in [0.5, 0.6) is 69.0 Å². The highest BCUT2D eigenvalue weighted by molar-refractivity contribution is 5.94. The highest BCUT2D eigenvalue weighted by Gasteiger charge is 2.14. The maximum absolute atomic E-state index is 10.3. The number of hydrogen-bond donors (Lipinski definition) is 18. The largest absolute Gasteiger partial charge is 0.508 e. The van der Waals surface area contributed by atoms with Gasteiger partial charge < -0.3 is 91.9 Å². The van der Waals surface area contributed by atoms with Gasteiger partial charge >= 0.3 is 35.8 Å². The molecule has 0 unspecified atom stereocenters. The molecule has 0 aliphatic heterocycles. The van der Waals surface area contributed by atoms with E-state index >= 15 is 0 Å². The number of aromatic carboxylic acids is 6. The number of carboxylic acids is 6. The van der Waals surface area contributed by atoms with Crippen molar-refractivity contribution in [1.29, 1.82) is 0 Å². The number of benzene rings is 6. The van der Waals surface area contributed by atoms with Crippen molar-refractivity contribution in [2.75, 3.05) is 0 Å². The molecule has 0 fully saturated rings. The van der Waals surface area contributed by atoms with E-state index in [2.05, 4.69) is 0 Å². The minimum absolute atomic E-state index is 0.0553. The highest BCUT2D eigenvalue weighted by atomic mass is 16.4. The molecule has 18 N–H and O–H groups in total. The molecular weight excluding hydrogens is 888 g/mol. The lowest BCUT2D eigenvalue weighted by molar-refractivity contribution is 0.0679. The molecule has 0 aromatic heterocycles. The first-order chi connectivity index (χ1) is 30.7. The Labute approximate surface area is 367 Å². The van der Waals surface area contributed by atoms with E-state index in [4.69, 9.17) is 91.9 Å². The Kier molecular flexibility index (Phi) is 20.3. The van der Waals surface area contributed by atoms with Gasteiger partial charge in [0.05, 0.1) is 11.1 Å². The van der Waals surface area contributed by atoms with Gasteiger partial charge in [0.15, 0.2) is 23.0 Å². The molecule has 0 amide bonds. The van der Waals surface area contributed by atoms with Gasteiger partial charge in [-0.2, -0.15) is 0 Å². The van der Waals surface area contributed by atoms with Crippen LogP contribution in [0.15, 0.2) is 109 Å². The Hall–Kier alpha value is -10.3. The highest BCUT2D eigenvalue weighted by Crippen LogP contribution is 2.29. The van der Waals surface area contributed by atoms with E-state index in [1.807, 2.05) is 0 Å². The first kappa shape index (κ1) is 53.8. The predicted octanol–water partition coefficient (Wildman–Crippen LogP) is 4.78. The van der Waals surface area contributed by atoms with Crippen molar-refractivity contribution in [1.82, 2.24) is 0 Å². The third-order valence-electron chi connectivity index (χ3n) is 7.27. The van der Waals surface area contributed by atoms with Crippen LogP contribution in [-0.2, 0) is 0 Å². The molecule has 6 aromatic rings. The van der Waals surface area contributed by atoms with E-state index in [-0.39, 0.29) is 62.3 Å². The van der Waals surface area contributed by atoms with Crippen LogP contribution >= 0.6 is 0 Å². The molecule has 6 aromatic carbocycles. The summed E-state index contributed by atoms with van der Waals surface area (Å²) in [5, 5.41) is 157. The topological polar surface area (TPSA) is 467 Å². The summed E-state index contributed by atoms with van der Waals surface area (Å²) in [6.07, 6.45) is 0. The normalized spacial score (nSPS) is 9.45. The predicted molar refractivity (Wildman–Crippen MR) is 220 cm³/mol. The van der Waals surface area contributed by atoms with Crippen LogP contribution in [0.25, 0.3) is 0 Å². The summed E-state index contributed by atoms with van der Waals surface area (Å²) < 4.78 is 0. The average molecular weight is 925 g/mol. The molecule has 24 heteroatoms. The van der Waals surface area contributed by atoms with E-state index < -0.39 is 75.9 Å². The number of carbonyl (C=O) groups is 6. The van der Waals surface area contributed by atoms with Crippen LogP contribution in [0.4, 0.5) is 0 Å². The number of phenols is 12. The summed E-state index contributed by atoms with van der Waals surface area (Å²) in [7, 11) is 0. The van der Waals surface area contributed by atoms with Crippen LogP contribution < -0.4 is 0 Å². The van der Waals surface area contributed by atoms with Crippen LogP contribution in [0.1, 0.15) is 62.1 Å². The number of rotatable bonds is 6. The van der Waals surface area contributed by atoms with Crippen LogP contribution in [-0.4, -0.2) is 128 Å². The minimum atomic E-state index is -1.35. The minimum Gasteiger partial charge on any atom is -0.508 e. The van der Waals surface area contributed by atoms with Crippen molar-refractivity contribution in [2.45, 2.75) is 0 Å². The van der Waals surface area contributed by atoms with Gasteiger partial charge in [-0.3, -0.25) is 0 Å². The van der Waals surface area contributed by atoms with E-state index in [0.717, 1.165) is 54.6 Å². The first-order valence-electron chi connectivity index (χ1n) is 17.2. The maximum atomic E-state index is 10.3. The molecule has 0 aliphatic rings. The smallest absolute Gasteiger partial charge is 0.343 e. The standard InChI is InChI=1S/6C7H6O4/c8-5-1-4(7(10)11)2-6(9)3-5;8-4-1-2-6(9)5(3-4)7(10)11;8-4-1-2-5(7(10)11)6(9)3-4;8-5-2-1-4(7(10)11)3-6(5)9;8-4-2-1-3-5(9)6(4)7(10)11;8-5-3-1-2-4(6(5)9)7(10)11/h6*1-3,8-9H,(H,10,11). The summed E-state index contributed by atoms with van der Waals surface area (Å²) in [6, 6.07) is 20.6. The number of aromatic hydroxyl groups is 12. The molecule has 0 saturated heterocycles. The van der Waals surface area contributed by atoms with Crippen LogP contribution in [0.3, 0.4) is 0 Å². The average Bonchev–Trinajstić information content (AvgIpc) is 3.21. The lowest BCUT2D eigenvalue weighted by atomic mass is 10.2. The van der Waals surface area contributed by atoms with Gasteiger partial charge in [-0.05, 0) is 84.9 Å². The van der Waals surface area contributed by atoms with Crippen LogP contribution in [0.2, 0.25) is 0 Å². The second kappa shape index (κ2) is 24.9. The lowest BCUT2D eigenvalue weighted by Gasteiger charge is -1.99. The molecule has 6 rings (SSSR count). The van der Waals surface area contributed by atoms with Gasteiger partial charge in [-0.15, -0.1) is 0 Å². The fourth-order valence-corrected chi connectivity index (χ4v) is 4.22. The number of phenolic OH excluding ortho intramolecular Hbond substituents is 7. The molecule has 0 aliphatic carbocycles. The van der Waals surface area contributed by atoms with Gasteiger partial charge in [0.1, 0.15) is 68.2 Å². The summed E-state index contributed by atoms with van der Waals surface area (Å²) in [6.45, 7) is 0. The summed E-state index contributed by atoms with van der Waals surface area (Å²) in [5.74, 6) is -11.7. The summed E-state index contributed by atoms with van der Waals surface area (Å²) in [5.41, 5.74) is -1.48. The molecule has 66 heavy (non-hydrogen) atoms. The third-order valence-corrected chi connectivity index (χ3v) is 7.27. The van der Waals surface area contributed by atoms with Gasteiger partial charge in [-0.25, -0.2) is 28.8 Å². The molecule has 0 saturated carbocycles. The van der Waals surface area contributed by atoms with E-state index in [0.29, 0.717) is 0 Å². The van der Waals surface area contributed by atoms with Crippen LogP contribution in [0, 0.1) is 0 Å². The zero-order valence-corrected chi connectivity index (χ0v) is 32.9. The first-order valence-corrected chi connectivity index (χ1v) is 17.2. The van der Waals surface area contributed by atoms with Crippen molar-refractivity contribution >= 4 is 35.8 Å². The Morgan fingerprint density at radius 3 is 1.14 bits per heavy atom. The van der Waals surface area contributed by atoms with Gasteiger partial charge in [0, 0.05) is 12.1 Å². The zero-order valence-electron chi connectivity index (χ0n) is 32.9. The lowest BCUT2D eigenvalue weighted by Crippen LogP contribution is -1.96. The van der Waals surface area contributed by atoms with Gasteiger partial charge in [0.25, 0.3) is 0 Å².